The van der Waals surface area contributed by atoms with Crippen molar-refractivity contribution in [3.8, 4) is 0 Å². The zero-order valence-corrected chi connectivity index (χ0v) is 34.4. The van der Waals surface area contributed by atoms with Gasteiger partial charge in [-0.25, -0.2) is 0 Å². The number of hydrogen-bond acceptors (Lipinski definition) is 0. The molecule has 0 aliphatic rings. The smallest absolute Gasteiger partial charge is 0.0353 e. The van der Waals surface area contributed by atoms with Crippen molar-refractivity contribution < 1.29 is 0 Å². The fraction of sp³-hybridized carbons (Fsp3) is 0.875. The van der Waals surface area contributed by atoms with Gasteiger partial charge < -0.3 is 0 Å². The second kappa shape index (κ2) is 55.6. The maximum atomic E-state index is 3.76. The second-order valence-electron chi connectivity index (χ2n) is 14.9. The van der Waals surface area contributed by atoms with Crippen LogP contribution < -0.4 is 0 Å². The topological polar surface area (TPSA) is 0 Å². The molecule has 0 amide bonds. The van der Waals surface area contributed by atoms with Gasteiger partial charge in [-0.3, -0.25) is 0 Å². The molecule has 0 unspecified atom stereocenters. The molecule has 0 heteroatoms. The van der Waals surface area contributed by atoms with Crippen LogP contribution in [-0.2, 0) is 0 Å². The molecular weight excluding hydrogens is 577 g/mol. The summed E-state index contributed by atoms with van der Waals surface area (Å²) in [6.07, 6.45) is 61.4. The zero-order valence-electron chi connectivity index (χ0n) is 34.4. The van der Waals surface area contributed by atoms with E-state index in [9.17, 15) is 0 Å². The first-order valence-corrected chi connectivity index (χ1v) is 22.6. The van der Waals surface area contributed by atoms with Gasteiger partial charge in [0.05, 0.1) is 0 Å². The van der Waals surface area contributed by atoms with Gasteiger partial charge in [-0.1, -0.05) is 251 Å². The molecule has 0 saturated heterocycles. The van der Waals surface area contributed by atoms with Crippen molar-refractivity contribution in [3.05, 3.63) is 38.0 Å². The molecule has 0 bridgehead atoms. The lowest BCUT2D eigenvalue weighted by molar-refractivity contribution is 0.536. The fourth-order valence-electron chi connectivity index (χ4n) is 6.39. The average molecular weight is 673 g/mol. The van der Waals surface area contributed by atoms with Gasteiger partial charge >= 0.3 is 0 Å². The van der Waals surface area contributed by atoms with Crippen LogP contribution in [-0.4, -0.2) is 0 Å². The number of hydrogen-bond donors (Lipinski definition) is 0. The van der Waals surface area contributed by atoms with E-state index >= 15 is 0 Å². The third kappa shape index (κ3) is 60.5. The molecule has 0 rings (SSSR count). The molecule has 0 atom stereocenters. The van der Waals surface area contributed by atoms with Gasteiger partial charge in [-0.2, -0.15) is 0 Å². The molecule has 0 aromatic rings. The Hall–Kier alpha value is -0.780. The standard InChI is InChI=1S/C18H36.C16H32.C14H28/c1-3-5-7-9-11-13-15-17-18-16-14-12-10-8-6-4-2;1-3-5-7-9-11-13-15-16-14-12-10-8-6-4-2;1-3-5-7-9-11-13-14-12-10-8-6-4-2/h3H,1,4-18H2,2H3;3H,1,4-16H2,2H3;3H,1,4-14H2,2H3. The van der Waals surface area contributed by atoms with Crippen LogP contribution in [0.1, 0.15) is 271 Å². The first-order chi connectivity index (χ1) is 23.7. The third-order valence-corrected chi connectivity index (χ3v) is 9.79. The zero-order chi connectivity index (χ0) is 35.7. The molecule has 0 radical (unpaired) electrons. The molecule has 0 aliphatic heterocycles. The minimum absolute atomic E-state index is 1.20. The SMILES string of the molecule is C=CCCCCCCCCCCCC.C=CCCCCCCCCCCCCCC.C=CCCCCCCCCCCCCCCCC. The summed E-state index contributed by atoms with van der Waals surface area (Å²) in [6.45, 7) is 18.1. The number of allylic oxidation sites excluding steroid dienone is 3. The van der Waals surface area contributed by atoms with E-state index < -0.39 is 0 Å². The van der Waals surface area contributed by atoms with Gasteiger partial charge in [0, 0.05) is 0 Å². The molecule has 0 aromatic heterocycles. The highest BCUT2D eigenvalue weighted by Crippen LogP contribution is 2.15. The Balaban J connectivity index is -0.000000638. The Morgan fingerprint density at radius 3 is 0.458 bits per heavy atom. The van der Waals surface area contributed by atoms with Gasteiger partial charge in [-0.05, 0) is 38.5 Å². The molecule has 0 aromatic carbocycles. The molecule has 288 valence electrons. The van der Waals surface area contributed by atoms with E-state index in [0.717, 1.165) is 0 Å². The second-order valence-corrected chi connectivity index (χ2v) is 14.9. The summed E-state index contributed by atoms with van der Waals surface area (Å²) in [5.74, 6) is 0. The van der Waals surface area contributed by atoms with E-state index in [-0.39, 0.29) is 0 Å². The van der Waals surface area contributed by atoms with Gasteiger partial charge in [0.2, 0.25) is 0 Å². The van der Waals surface area contributed by atoms with Crippen molar-refractivity contribution in [2.45, 2.75) is 271 Å². The van der Waals surface area contributed by atoms with E-state index in [1.54, 1.807) is 0 Å². The van der Waals surface area contributed by atoms with Crippen LogP contribution in [0.3, 0.4) is 0 Å². The van der Waals surface area contributed by atoms with E-state index in [0.29, 0.717) is 0 Å². The van der Waals surface area contributed by atoms with E-state index in [1.165, 1.54) is 250 Å². The van der Waals surface area contributed by atoms with E-state index in [2.05, 4.69) is 40.5 Å². The molecule has 0 saturated carbocycles. The van der Waals surface area contributed by atoms with Gasteiger partial charge in [0.25, 0.3) is 0 Å². The lowest BCUT2D eigenvalue weighted by atomic mass is 10.0. The van der Waals surface area contributed by atoms with Gasteiger partial charge in [0.1, 0.15) is 0 Å². The fourth-order valence-corrected chi connectivity index (χ4v) is 6.39. The van der Waals surface area contributed by atoms with Crippen LogP contribution >= 0.6 is 0 Å². The molecule has 0 nitrogen and oxygen atoms in total. The van der Waals surface area contributed by atoms with Crippen molar-refractivity contribution >= 4 is 0 Å². The molecule has 0 aliphatic carbocycles. The summed E-state index contributed by atoms with van der Waals surface area (Å²) in [6, 6.07) is 0. The highest BCUT2D eigenvalue weighted by Gasteiger charge is 1.95. The number of unbranched alkanes of at least 4 members (excludes halogenated alkanes) is 36. The monoisotopic (exact) mass is 673 g/mol. The van der Waals surface area contributed by atoms with Gasteiger partial charge in [0.15, 0.2) is 0 Å². The van der Waals surface area contributed by atoms with Crippen LogP contribution in [0.4, 0.5) is 0 Å². The summed E-state index contributed by atoms with van der Waals surface area (Å²) in [5.41, 5.74) is 0. The minimum atomic E-state index is 1.20. The normalized spacial score (nSPS) is 10.6. The van der Waals surface area contributed by atoms with Crippen LogP contribution in [0.15, 0.2) is 38.0 Å². The summed E-state index contributed by atoms with van der Waals surface area (Å²) < 4.78 is 0. The summed E-state index contributed by atoms with van der Waals surface area (Å²) in [4.78, 5) is 0. The van der Waals surface area contributed by atoms with Crippen molar-refractivity contribution in [2.24, 2.45) is 0 Å². The summed E-state index contributed by atoms with van der Waals surface area (Å²) >= 11 is 0. The maximum Gasteiger partial charge on any atom is -0.0353 e. The van der Waals surface area contributed by atoms with Crippen molar-refractivity contribution in [2.75, 3.05) is 0 Å². The lowest BCUT2D eigenvalue weighted by Gasteiger charge is -2.02. The van der Waals surface area contributed by atoms with Crippen molar-refractivity contribution in [1.29, 1.82) is 0 Å². The Kier molecular flexibility index (Phi) is 59.8. The quantitative estimate of drug-likeness (QED) is 0.0450. The summed E-state index contributed by atoms with van der Waals surface area (Å²) in [5, 5.41) is 0. The van der Waals surface area contributed by atoms with E-state index in [1.807, 2.05) is 18.2 Å². The predicted molar refractivity (Wildman–Crippen MR) is 228 cm³/mol. The highest BCUT2D eigenvalue weighted by atomic mass is 14.0. The number of rotatable bonds is 39. The van der Waals surface area contributed by atoms with Gasteiger partial charge in [-0.15, -0.1) is 19.7 Å². The Bertz CT molecular complexity index is 530. The Labute approximate surface area is 308 Å². The van der Waals surface area contributed by atoms with Crippen LogP contribution in [0.25, 0.3) is 0 Å². The Morgan fingerprint density at radius 2 is 0.333 bits per heavy atom. The van der Waals surface area contributed by atoms with Crippen molar-refractivity contribution in [1.82, 2.24) is 0 Å². The molecular formula is C48H96. The average Bonchev–Trinajstić information content (AvgIpc) is 3.10. The third-order valence-electron chi connectivity index (χ3n) is 9.79. The first-order valence-electron chi connectivity index (χ1n) is 22.6. The molecule has 0 spiro atoms. The highest BCUT2D eigenvalue weighted by molar-refractivity contribution is 4.66. The maximum absolute atomic E-state index is 3.76. The van der Waals surface area contributed by atoms with Crippen LogP contribution in [0.5, 0.6) is 0 Å². The predicted octanol–water partition coefficient (Wildman–Crippen LogP) is 18.8. The van der Waals surface area contributed by atoms with Crippen molar-refractivity contribution in [3.63, 3.8) is 0 Å². The molecule has 48 heavy (non-hydrogen) atoms. The molecule has 0 N–H and O–H groups in total. The van der Waals surface area contributed by atoms with Crippen LogP contribution in [0.2, 0.25) is 0 Å². The lowest BCUT2D eigenvalue weighted by Crippen LogP contribution is -1.83. The first kappa shape index (κ1) is 51.6. The van der Waals surface area contributed by atoms with Crippen LogP contribution in [0, 0.1) is 0 Å². The minimum Gasteiger partial charge on any atom is -0.103 e. The molecule has 0 fully saturated rings. The van der Waals surface area contributed by atoms with E-state index in [4.69, 9.17) is 0 Å². The largest absolute Gasteiger partial charge is 0.103 e. The Morgan fingerprint density at radius 1 is 0.208 bits per heavy atom. The molecule has 0 heterocycles. The summed E-state index contributed by atoms with van der Waals surface area (Å²) in [7, 11) is 0.